The first kappa shape index (κ1) is 13.6. The molecule has 0 unspecified atom stereocenters. The van der Waals surface area contributed by atoms with E-state index in [1.54, 1.807) is 19.1 Å². The molecule has 1 aromatic carbocycles. The molecule has 19 heavy (non-hydrogen) atoms. The molecule has 1 aromatic heterocycles. The van der Waals surface area contributed by atoms with E-state index in [9.17, 15) is 9.90 Å². The van der Waals surface area contributed by atoms with E-state index in [1.165, 1.54) is 18.3 Å². The molecule has 2 N–H and O–H groups in total. The summed E-state index contributed by atoms with van der Waals surface area (Å²) in [6.45, 7) is 1.77. The number of aromatic nitrogens is 1. The quantitative estimate of drug-likeness (QED) is 0.832. The van der Waals surface area contributed by atoms with Gasteiger partial charge in [-0.25, -0.2) is 0 Å². The van der Waals surface area contributed by atoms with Crippen molar-refractivity contribution in [2.24, 2.45) is 0 Å². The third kappa shape index (κ3) is 2.97. The van der Waals surface area contributed by atoms with Gasteiger partial charge in [0, 0.05) is 11.2 Å². The number of anilines is 1. The maximum absolute atomic E-state index is 12.0. The van der Waals surface area contributed by atoms with Gasteiger partial charge in [-0.15, -0.1) is 0 Å². The second kappa shape index (κ2) is 5.47. The van der Waals surface area contributed by atoms with Crippen molar-refractivity contribution in [1.29, 1.82) is 0 Å². The first-order valence-corrected chi connectivity index (χ1v) is 6.15. The van der Waals surface area contributed by atoms with E-state index in [1.807, 2.05) is 0 Å². The zero-order valence-corrected chi connectivity index (χ0v) is 11.5. The van der Waals surface area contributed by atoms with Crippen molar-refractivity contribution in [2.75, 3.05) is 5.32 Å². The number of phenols is 1. The largest absolute Gasteiger partial charge is 0.504 e. The third-order valence-electron chi connectivity index (χ3n) is 2.50. The Morgan fingerprint density at radius 3 is 2.79 bits per heavy atom. The Morgan fingerprint density at radius 2 is 2.11 bits per heavy atom. The van der Waals surface area contributed by atoms with Crippen molar-refractivity contribution in [1.82, 2.24) is 4.98 Å². The smallest absolute Gasteiger partial charge is 0.274 e. The highest BCUT2D eigenvalue weighted by molar-refractivity contribution is 6.36. The van der Waals surface area contributed by atoms with Crippen LogP contribution in [0.5, 0.6) is 5.75 Å². The summed E-state index contributed by atoms with van der Waals surface area (Å²) >= 11 is 11.6. The molecule has 0 fully saturated rings. The average Bonchev–Trinajstić information content (AvgIpc) is 2.35. The standard InChI is InChI=1S/C13H10Cl2N2O2/c1-7-3-2-4-16-11(7)13(19)17-10-6-8(14)5-9(15)12(10)18/h2-6,18H,1H3,(H,17,19). The van der Waals surface area contributed by atoms with Crippen molar-refractivity contribution in [2.45, 2.75) is 6.92 Å². The van der Waals surface area contributed by atoms with Crippen LogP contribution in [0.3, 0.4) is 0 Å². The minimum atomic E-state index is -0.438. The molecule has 2 aromatic rings. The lowest BCUT2D eigenvalue weighted by atomic mass is 10.2. The monoisotopic (exact) mass is 296 g/mol. The predicted molar refractivity (Wildman–Crippen MR) is 75.1 cm³/mol. The minimum absolute atomic E-state index is 0.0699. The average molecular weight is 297 g/mol. The van der Waals surface area contributed by atoms with Gasteiger partial charge < -0.3 is 10.4 Å². The summed E-state index contributed by atoms with van der Waals surface area (Å²) < 4.78 is 0. The Balaban J connectivity index is 2.32. The van der Waals surface area contributed by atoms with Gasteiger partial charge in [0.25, 0.3) is 5.91 Å². The maximum atomic E-state index is 12.0. The summed E-state index contributed by atoms with van der Waals surface area (Å²) in [6, 6.07) is 6.31. The summed E-state index contributed by atoms with van der Waals surface area (Å²) in [5, 5.41) is 12.7. The molecular weight excluding hydrogens is 287 g/mol. The summed E-state index contributed by atoms with van der Waals surface area (Å²) in [4.78, 5) is 16.0. The van der Waals surface area contributed by atoms with Crippen molar-refractivity contribution in [3.8, 4) is 5.75 Å². The van der Waals surface area contributed by atoms with Crippen LogP contribution in [-0.2, 0) is 0 Å². The number of rotatable bonds is 2. The molecule has 0 bridgehead atoms. The Kier molecular flexibility index (Phi) is 3.93. The van der Waals surface area contributed by atoms with E-state index in [2.05, 4.69) is 10.3 Å². The molecule has 0 atom stereocenters. The van der Waals surface area contributed by atoms with Crippen molar-refractivity contribution < 1.29 is 9.90 Å². The first-order chi connectivity index (χ1) is 8.99. The number of amides is 1. The van der Waals surface area contributed by atoms with Crippen LogP contribution in [0, 0.1) is 6.92 Å². The fourth-order valence-corrected chi connectivity index (χ4v) is 2.06. The second-order valence-electron chi connectivity index (χ2n) is 3.91. The van der Waals surface area contributed by atoms with Crippen LogP contribution >= 0.6 is 23.2 Å². The molecule has 0 aliphatic heterocycles. The van der Waals surface area contributed by atoms with Gasteiger partial charge in [-0.05, 0) is 30.7 Å². The fraction of sp³-hybridized carbons (Fsp3) is 0.0769. The molecule has 0 saturated carbocycles. The number of nitrogens with zero attached hydrogens (tertiary/aromatic N) is 1. The number of halogens is 2. The molecular formula is C13H10Cl2N2O2. The number of benzene rings is 1. The molecule has 1 heterocycles. The van der Waals surface area contributed by atoms with Gasteiger partial charge in [-0.2, -0.15) is 0 Å². The third-order valence-corrected chi connectivity index (χ3v) is 3.01. The van der Waals surface area contributed by atoms with Gasteiger partial charge in [-0.3, -0.25) is 9.78 Å². The van der Waals surface area contributed by atoms with Crippen LogP contribution in [0.15, 0.2) is 30.5 Å². The normalized spacial score (nSPS) is 10.3. The van der Waals surface area contributed by atoms with Gasteiger partial charge in [0.15, 0.2) is 5.75 Å². The van der Waals surface area contributed by atoms with Crippen LogP contribution in [0.25, 0.3) is 0 Å². The number of aromatic hydroxyl groups is 1. The van der Waals surface area contributed by atoms with Crippen molar-refractivity contribution in [3.63, 3.8) is 0 Å². The molecule has 1 amide bonds. The minimum Gasteiger partial charge on any atom is -0.504 e. The van der Waals surface area contributed by atoms with Gasteiger partial charge in [0.1, 0.15) is 5.69 Å². The molecule has 98 valence electrons. The molecule has 6 heteroatoms. The van der Waals surface area contributed by atoms with E-state index < -0.39 is 5.91 Å². The lowest BCUT2D eigenvalue weighted by Crippen LogP contribution is -2.15. The molecule has 0 saturated heterocycles. The van der Waals surface area contributed by atoms with Crippen molar-refractivity contribution in [3.05, 3.63) is 51.8 Å². The number of pyridine rings is 1. The number of aryl methyl sites for hydroxylation is 1. The van der Waals surface area contributed by atoms with Gasteiger partial charge >= 0.3 is 0 Å². The second-order valence-corrected chi connectivity index (χ2v) is 4.75. The number of hydrogen-bond donors (Lipinski definition) is 2. The van der Waals surface area contributed by atoms with Gasteiger partial charge in [-0.1, -0.05) is 29.3 Å². The zero-order valence-electron chi connectivity index (χ0n) is 9.95. The number of phenolic OH excluding ortho intramolecular Hbond substituents is 1. The summed E-state index contributed by atoms with van der Waals surface area (Å²) in [5.41, 5.74) is 1.15. The summed E-state index contributed by atoms with van der Waals surface area (Å²) in [7, 11) is 0. The van der Waals surface area contributed by atoms with Crippen LogP contribution in [-0.4, -0.2) is 16.0 Å². The molecule has 0 aliphatic carbocycles. The molecule has 4 nitrogen and oxygen atoms in total. The topological polar surface area (TPSA) is 62.2 Å². The predicted octanol–water partition coefficient (Wildman–Crippen LogP) is 3.65. The number of nitrogens with one attached hydrogen (secondary N) is 1. The molecule has 0 aliphatic rings. The first-order valence-electron chi connectivity index (χ1n) is 5.40. The van der Waals surface area contributed by atoms with E-state index in [-0.39, 0.29) is 22.2 Å². The van der Waals surface area contributed by atoms with E-state index in [0.29, 0.717) is 5.02 Å². The lowest BCUT2D eigenvalue weighted by Gasteiger charge is -2.09. The maximum Gasteiger partial charge on any atom is 0.274 e. The van der Waals surface area contributed by atoms with Crippen LogP contribution in [0.1, 0.15) is 16.1 Å². The molecule has 0 spiro atoms. The Hall–Kier alpha value is -1.78. The number of hydrogen-bond acceptors (Lipinski definition) is 3. The summed E-state index contributed by atoms with van der Waals surface area (Å²) in [5.74, 6) is -0.667. The number of carbonyl (C=O) groups is 1. The van der Waals surface area contributed by atoms with Crippen LogP contribution in [0.2, 0.25) is 10.0 Å². The van der Waals surface area contributed by atoms with Crippen molar-refractivity contribution >= 4 is 34.8 Å². The SMILES string of the molecule is Cc1cccnc1C(=O)Nc1cc(Cl)cc(Cl)c1O. The zero-order chi connectivity index (χ0) is 14.0. The van der Waals surface area contributed by atoms with Crippen LogP contribution < -0.4 is 5.32 Å². The Labute approximate surface area is 120 Å². The van der Waals surface area contributed by atoms with E-state index in [4.69, 9.17) is 23.2 Å². The fourth-order valence-electron chi connectivity index (χ4n) is 1.57. The number of carbonyl (C=O) groups excluding carboxylic acids is 1. The highest BCUT2D eigenvalue weighted by Gasteiger charge is 2.14. The van der Waals surface area contributed by atoms with E-state index >= 15 is 0 Å². The highest BCUT2D eigenvalue weighted by Crippen LogP contribution is 2.35. The Morgan fingerprint density at radius 1 is 1.37 bits per heavy atom. The molecule has 0 radical (unpaired) electrons. The lowest BCUT2D eigenvalue weighted by molar-refractivity contribution is 0.102. The molecule has 2 rings (SSSR count). The summed E-state index contributed by atoms with van der Waals surface area (Å²) in [6.07, 6.45) is 1.52. The Bertz CT molecular complexity index is 645. The highest BCUT2D eigenvalue weighted by atomic mass is 35.5. The van der Waals surface area contributed by atoms with Crippen LogP contribution in [0.4, 0.5) is 5.69 Å². The van der Waals surface area contributed by atoms with E-state index in [0.717, 1.165) is 5.56 Å². The van der Waals surface area contributed by atoms with Gasteiger partial charge in [0.2, 0.25) is 0 Å². The van der Waals surface area contributed by atoms with Gasteiger partial charge in [0.05, 0.1) is 10.7 Å².